The van der Waals surface area contributed by atoms with E-state index in [1.165, 1.54) is 11.1 Å². The molecule has 2 heteroatoms. The van der Waals surface area contributed by atoms with Crippen LogP contribution in [0.1, 0.15) is 37.2 Å². The fraction of sp³-hybridized carbons (Fsp3) is 0.500. The van der Waals surface area contributed by atoms with Crippen molar-refractivity contribution in [3.63, 3.8) is 0 Å². The van der Waals surface area contributed by atoms with Gasteiger partial charge in [-0.2, -0.15) is 0 Å². The molecule has 0 radical (unpaired) electrons. The standard InChI is InChI=1S/C12H16O2/c1-3-13-11-9-7-5-6-8-10(9)12(11)14-4-2/h5-8,11-12H,3-4H2,1-2H3/t11-,12-/m1/s1. The SMILES string of the molecule is CCO[C@@H]1c2ccccc2[C@H]1OCC. The molecular weight excluding hydrogens is 176 g/mol. The molecule has 0 amide bonds. The van der Waals surface area contributed by atoms with Crippen molar-refractivity contribution in [2.24, 2.45) is 0 Å². The Balaban J connectivity index is 2.18. The Morgan fingerprint density at radius 3 is 1.71 bits per heavy atom. The van der Waals surface area contributed by atoms with Gasteiger partial charge in [-0.15, -0.1) is 0 Å². The van der Waals surface area contributed by atoms with Gasteiger partial charge in [0, 0.05) is 13.2 Å². The molecule has 0 aromatic heterocycles. The molecule has 2 nitrogen and oxygen atoms in total. The predicted octanol–water partition coefficient (Wildman–Crippen LogP) is 2.86. The van der Waals surface area contributed by atoms with Crippen molar-refractivity contribution in [2.75, 3.05) is 13.2 Å². The lowest BCUT2D eigenvalue weighted by Crippen LogP contribution is -2.28. The van der Waals surface area contributed by atoms with Crippen molar-refractivity contribution in [2.45, 2.75) is 26.1 Å². The third-order valence-electron chi connectivity index (χ3n) is 2.58. The molecule has 1 aliphatic carbocycles. The van der Waals surface area contributed by atoms with Crippen LogP contribution in [0.2, 0.25) is 0 Å². The van der Waals surface area contributed by atoms with E-state index in [0.29, 0.717) is 0 Å². The quantitative estimate of drug-likeness (QED) is 0.730. The highest BCUT2D eigenvalue weighted by atomic mass is 16.5. The van der Waals surface area contributed by atoms with E-state index in [1.807, 2.05) is 26.0 Å². The highest BCUT2D eigenvalue weighted by molar-refractivity contribution is 5.41. The smallest absolute Gasteiger partial charge is 0.113 e. The van der Waals surface area contributed by atoms with Gasteiger partial charge in [0.1, 0.15) is 12.2 Å². The number of benzene rings is 1. The van der Waals surface area contributed by atoms with Crippen LogP contribution in [0.3, 0.4) is 0 Å². The monoisotopic (exact) mass is 192 g/mol. The third-order valence-corrected chi connectivity index (χ3v) is 2.58. The van der Waals surface area contributed by atoms with E-state index < -0.39 is 0 Å². The average molecular weight is 192 g/mol. The molecule has 2 rings (SSSR count). The van der Waals surface area contributed by atoms with E-state index in [2.05, 4.69) is 12.1 Å². The summed E-state index contributed by atoms with van der Waals surface area (Å²) in [5.74, 6) is 0. The van der Waals surface area contributed by atoms with Crippen molar-refractivity contribution >= 4 is 0 Å². The maximum absolute atomic E-state index is 5.64. The molecule has 0 bridgehead atoms. The number of ether oxygens (including phenoxy) is 2. The lowest BCUT2D eigenvalue weighted by molar-refractivity contribution is -0.0949. The second-order valence-electron chi connectivity index (χ2n) is 3.38. The molecule has 1 aromatic rings. The molecule has 0 N–H and O–H groups in total. The first-order valence-corrected chi connectivity index (χ1v) is 5.20. The van der Waals surface area contributed by atoms with Crippen LogP contribution in [0.4, 0.5) is 0 Å². The molecular formula is C12H16O2. The van der Waals surface area contributed by atoms with Crippen LogP contribution in [0.25, 0.3) is 0 Å². The Morgan fingerprint density at radius 2 is 1.36 bits per heavy atom. The number of hydrogen-bond acceptors (Lipinski definition) is 2. The highest BCUT2D eigenvalue weighted by Gasteiger charge is 2.38. The zero-order valence-corrected chi connectivity index (χ0v) is 8.69. The lowest BCUT2D eigenvalue weighted by Gasteiger charge is -2.38. The van der Waals surface area contributed by atoms with Gasteiger partial charge in [0.05, 0.1) is 0 Å². The maximum Gasteiger partial charge on any atom is 0.113 e. The Hall–Kier alpha value is -0.860. The minimum atomic E-state index is 0.149. The Labute approximate surface area is 84.8 Å². The lowest BCUT2D eigenvalue weighted by atomic mass is 9.82. The fourth-order valence-electron chi connectivity index (χ4n) is 1.97. The van der Waals surface area contributed by atoms with Gasteiger partial charge in [0.25, 0.3) is 0 Å². The van der Waals surface area contributed by atoms with Crippen molar-refractivity contribution in [1.29, 1.82) is 0 Å². The third kappa shape index (κ3) is 1.45. The fourth-order valence-corrected chi connectivity index (χ4v) is 1.97. The van der Waals surface area contributed by atoms with Crippen LogP contribution in [-0.4, -0.2) is 13.2 Å². The van der Waals surface area contributed by atoms with Gasteiger partial charge in [-0.25, -0.2) is 0 Å². The van der Waals surface area contributed by atoms with Crippen LogP contribution in [0.15, 0.2) is 24.3 Å². The molecule has 14 heavy (non-hydrogen) atoms. The molecule has 0 spiro atoms. The Bertz CT molecular complexity index is 278. The Morgan fingerprint density at radius 1 is 0.929 bits per heavy atom. The van der Waals surface area contributed by atoms with Crippen molar-refractivity contribution < 1.29 is 9.47 Å². The predicted molar refractivity (Wildman–Crippen MR) is 55.2 cm³/mol. The molecule has 0 unspecified atom stereocenters. The first kappa shape index (κ1) is 9.69. The van der Waals surface area contributed by atoms with E-state index in [1.54, 1.807) is 0 Å². The zero-order valence-electron chi connectivity index (χ0n) is 8.69. The number of rotatable bonds is 4. The summed E-state index contributed by atoms with van der Waals surface area (Å²) in [6.07, 6.45) is 0.298. The van der Waals surface area contributed by atoms with E-state index >= 15 is 0 Å². The normalized spacial score (nSPS) is 24.1. The average Bonchev–Trinajstić information content (AvgIpc) is 2.23. The second-order valence-corrected chi connectivity index (χ2v) is 3.38. The van der Waals surface area contributed by atoms with Gasteiger partial charge >= 0.3 is 0 Å². The van der Waals surface area contributed by atoms with Crippen LogP contribution in [0, 0.1) is 0 Å². The van der Waals surface area contributed by atoms with Crippen LogP contribution < -0.4 is 0 Å². The largest absolute Gasteiger partial charge is 0.371 e. The van der Waals surface area contributed by atoms with Gasteiger partial charge in [0.2, 0.25) is 0 Å². The minimum absolute atomic E-state index is 0.149. The van der Waals surface area contributed by atoms with Crippen LogP contribution >= 0.6 is 0 Å². The van der Waals surface area contributed by atoms with Crippen molar-refractivity contribution in [3.05, 3.63) is 35.4 Å². The molecule has 1 aliphatic rings. The Kier molecular flexibility index (Phi) is 2.85. The van der Waals surface area contributed by atoms with E-state index in [9.17, 15) is 0 Å². The molecule has 0 saturated heterocycles. The maximum atomic E-state index is 5.64. The van der Waals surface area contributed by atoms with Crippen LogP contribution in [0.5, 0.6) is 0 Å². The van der Waals surface area contributed by atoms with Gasteiger partial charge < -0.3 is 9.47 Å². The number of hydrogen-bond donors (Lipinski definition) is 0. The summed E-state index contributed by atoms with van der Waals surface area (Å²) in [5, 5.41) is 0. The molecule has 0 aliphatic heterocycles. The van der Waals surface area contributed by atoms with E-state index in [4.69, 9.17) is 9.47 Å². The molecule has 0 saturated carbocycles. The summed E-state index contributed by atoms with van der Waals surface area (Å²) in [6, 6.07) is 8.33. The van der Waals surface area contributed by atoms with Gasteiger partial charge in [-0.3, -0.25) is 0 Å². The molecule has 0 heterocycles. The molecule has 1 aromatic carbocycles. The summed E-state index contributed by atoms with van der Waals surface area (Å²) in [6.45, 7) is 5.51. The molecule has 0 fully saturated rings. The summed E-state index contributed by atoms with van der Waals surface area (Å²) in [4.78, 5) is 0. The minimum Gasteiger partial charge on any atom is -0.371 e. The summed E-state index contributed by atoms with van der Waals surface area (Å²) in [7, 11) is 0. The van der Waals surface area contributed by atoms with Crippen LogP contribution in [-0.2, 0) is 9.47 Å². The van der Waals surface area contributed by atoms with Crippen molar-refractivity contribution in [1.82, 2.24) is 0 Å². The molecule has 2 atom stereocenters. The van der Waals surface area contributed by atoms with E-state index in [-0.39, 0.29) is 12.2 Å². The summed E-state index contributed by atoms with van der Waals surface area (Å²) >= 11 is 0. The summed E-state index contributed by atoms with van der Waals surface area (Å²) < 4.78 is 11.3. The first-order valence-electron chi connectivity index (χ1n) is 5.20. The van der Waals surface area contributed by atoms with Crippen molar-refractivity contribution in [3.8, 4) is 0 Å². The molecule has 76 valence electrons. The number of fused-ring (bicyclic) bond motifs is 1. The van der Waals surface area contributed by atoms with Gasteiger partial charge in [0.15, 0.2) is 0 Å². The topological polar surface area (TPSA) is 18.5 Å². The first-order chi connectivity index (χ1) is 6.88. The second kappa shape index (κ2) is 4.11. The zero-order chi connectivity index (χ0) is 9.97. The van der Waals surface area contributed by atoms with Gasteiger partial charge in [-0.05, 0) is 25.0 Å². The van der Waals surface area contributed by atoms with Gasteiger partial charge in [-0.1, -0.05) is 24.3 Å². The summed E-state index contributed by atoms with van der Waals surface area (Å²) in [5.41, 5.74) is 2.57. The highest BCUT2D eigenvalue weighted by Crippen LogP contribution is 2.47. The van der Waals surface area contributed by atoms with E-state index in [0.717, 1.165) is 13.2 Å².